The maximum atomic E-state index is 12.9. The van der Waals surface area contributed by atoms with Crippen molar-refractivity contribution in [2.24, 2.45) is 0 Å². The summed E-state index contributed by atoms with van der Waals surface area (Å²) in [7, 11) is 0. The van der Waals surface area contributed by atoms with Crippen LogP contribution in [0.15, 0.2) is 72.9 Å². The highest BCUT2D eigenvalue weighted by Gasteiger charge is 2.45. The summed E-state index contributed by atoms with van der Waals surface area (Å²) in [5.74, 6) is 0.688. The predicted molar refractivity (Wildman–Crippen MR) is 123 cm³/mol. The van der Waals surface area contributed by atoms with Gasteiger partial charge in [0.15, 0.2) is 0 Å². The number of halogens is 1. The Morgan fingerprint density at radius 3 is 2.74 bits per heavy atom. The van der Waals surface area contributed by atoms with E-state index in [4.69, 9.17) is 16.3 Å². The molecule has 0 bridgehead atoms. The van der Waals surface area contributed by atoms with Crippen molar-refractivity contribution < 1.29 is 9.53 Å². The molecule has 1 spiro atoms. The van der Waals surface area contributed by atoms with E-state index in [0.29, 0.717) is 5.02 Å². The summed E-state index contributed by atoms with van der Waals surface area (Å²) >= 11 is 6.23. The summed E-state index contributed by atoms with van der Waals surface area (Å²) in [6, 6.07) is 19.3. The summed E-state index contributed by atoms with van der Waals surface area (Å²) in [4.78, 5) is 17.3. The van der Waals surface area contributed by atoms with E-state index in [2.05, 4.69) is 10.3 Å². The van der Waals surface area contributed by atoms with Crippen LogP contribution >= 0.6 is 11.6 Å². The topological polar surface area (TPSA) is 51.2 Å². The van der Waals surface area contributed by atoms with Crippen LogP contribution in [0, 0.1) is 0 Å². The number of carbonyl (C=O) groups excluding carboxylic acids is 1. The van der Waals surface area contributed by atoms with Crippen molar-refractivity contribution in [1.82, 2.24) is 10.3 Å². The Kier molecular flexibility index (Phi) is 5.24. The minimum absolute atomic E-state index is 0.120. The molecule has 2 heterocycles. The second kappa shape index (κ2) is 8.20. The Bertz CT molecular complexity index is 1140. The zero-order valence-corrected chi connectivity index (χ0v) is 17.8. The lowest BCUT2D eigenvalue weighted by Crippen LogP contribution is -2.49. The largest absolute Gasteiger partial charge is 0.487 e. The van der Waals surface area contributed by atoms with Gasteiger partial charge in [-0.15, -0.1) is 0 Å². The molecular formula is C26H23ClN2O2. The number of pyridine rings is 1. The second-order valence-electron chi connectivity index (χ2n) is 8.22. The monoisotopic (exact) mass is 430 g/mol. The number of benzene rings is 2. The van der Waals surface area contributed by atoms with Crippen molar-refractivity contribution in [3.63, 3.8) is 0 Å². The van der Waals surface area contributed by atoms with Crippen LogP contribution in [0.25, 0.3) is 17.3 Å². The van der Waals surface area contributed by atoms with Gasteiger partial charge in [0.2, 0.25) is 5.91 Å². The molecule has 5 heteroatoms. The second-order valence-corrected chi connectivity index (χ2v) is 8.66. The quantitative estimate of drug-likeness (QED) is 0.518. The molecule has 3 aromatic rings. The van der Waals surface area contributed by atoms with Crippen molar-refractivity contribution in [2.45, 2.75) is 37.3 Å². The fraction of sp³-hybridized carbons (Fsp3) is 0.231. The zero-order valence-electron chi connectivity index (χ0n) is 17.1. The number of hydrogen-bond donors (Lipinski definition) is 1. The Labute approximate surface area is 186 Å². The molecule has 1 atom stereocenters. The number of amides is 1. The van der Waals surface area contributed by atoms with Crippen molar-refractivity contribution in [1.29, 1.82) is 0 Å². The van der Waals surface area contributed by atoms with Gasteiger partial charge >= 0.3 is 0 Å². The molecule has 5 rings (SSSR count). The number of aromatic nitrogens is 1. The van der Waals surface area contributed by atoms with Crippen LogP contribution in [0.4, 0.5) is 0 Å². The number of ether oxygens (including phenoxy) is 1. The van der Waals surface area contributed by atoms with E-state index < -0.39 is 0 Å². The van der Waals surface area contributed by atoms with Crippen LogP contribution in [0.3, 0.4) is 0 Å². The molecule has 1 aliphatic heterocycles. The smallest absolute Gasteiger partial charge is 0.244 e. The van der Waals surface area contributed by atoms with Gasteiger partial charge in [0.1, 0.15) is 11.4 Å². The summed E-state index contributed by atoms with van der Waals surface area (Å²) in [5, 5.41) is 3.82. The highest BCUT2D eigenvalue weighted by molar-refractivity contribution is 6.30. The average Bonchev–Trinajstić information content (AvgIpc) is 2.77. The Hall–Kier alpha value is -3.11. The Morgan fingerprint density at radius 2 is 1.97 bits per heavy atom. The molecule has 1 N–H and O–H groups in total. The van der Waals surface area contributed by atoms with Gasteiger partial charge in [0.05, 0.1) is 11.7 Å². The SMILES string of the molecule is O=C(/C=C/c1ccccc1-c1ccccn1)NC1CC2(CCC2)Oc2ccc(Cl)cc21. The molecule has 1 fully saturated rings. The van der Waals surface area contributed by atoms with Crippen LogP contribution in [0.5, 0.6) is 5.75 Å². The molecule has 1 aliphatic carbocycles. The number of carbonyl (C=O) groups is 1. The predicted octanol–water partition coefficient (Wildman–Crippen LogP) is 5.98. The summed E-state index contributed by atoms with van der Waals surface area (Å²) in [6.45, 7) is 0. The first-order chi connectivity index (χ1) is 15.1. The van der Waals surface area contributed by atoms with Crippen molar-refractivity contribution in [2.75, 3.05) is 0 Å². The van der Waals surface area contributed by atoms with Gasteiger partial charge in [-0.1, -0.05) is 41.9 Å². The van der Waals surface area contributed by atoms with Crippen LogP contribution in [-0.2, 0) is 4.79 Å². The third-order valence-corrected chi connectivity index (χ3v) is 6.38. The molecule has 156 valence electrons. The molecule has 4 nitrogen and oxygen atoms in total. The van der Waals surface area contributed by atoms with Crippen LogP contribution in [0.2, 0.25) is 5.02 Å². The minimum atomic E-state index is -0.159. The van der Waals surface area contributed by atoms with Gasteiger partial charge in [0.25, 0.3) is 0 Å². The fourth-order valence-corrected chi connectivity index (χ4v) is 4.61. The molecule has 1 amide bonds. The Morgan fingerprint density at radius 1 is 1.13 bits per heavy atom. The molecule has 0 saturated heterocycles. The van der Waals surface area contributed by atoms with Crippen LogP contribution in [-0.4, -0.2) is 16.5 Å². The highest BCUT2D eigenvalue weighted by Crippen LogP contribution is 2.49. The minimum Gasteiger partial charge on any atom is -0.487 e. The number of fused-ring (bicyclic) bond motifs is 1. The first-order valence-corrected chi connectivity index (χ1v) is 11.0. The summed E-state index contributed by atoms with van der Waals surface area (Å²) in [5.41, 5.74) is 3.60. The van der Waals surface area contributed by atoms with Gasteiger partial charge in [0, 0.05) is 34.8 Å². The van der Waals surface area contributed by atoms with Gasteiger partial charge < -0.3 is 10.1 Å². The van der Waals surface area contributed by atoms with Crippen LogP contribution in [0.1, 0.15) is 42.9 Å². The maximum Gasteiger partial charge on any atom is 0.244 e. The van der Waals surface area contributed by atoms with E-state index in [1.807, 2.05) is 66.7 Å². The van der Waals surface area contributed by atoms with E-state index in [9.17, 15) is 4.79 Å². The molecule has 1 aromatic heterocycles. The summed E-state index contributed by atoms with van der Waals surface area (Å²) in [6.07, 6.45) is 9.18. The molecule has 0 radical (unpaired) electrons. The molecule has 1 unspecified atom stereocenters. The normalized spacial score (nSPS) is 18.8. The number of rotatable bonds is 4. The summed E-state index contributed by atoms with van der Waals surface area (Å²) < 4.78 is 6.28. The molecule has 2 aromatic carbocycles. The third-order valence-electron chi connectivity index (χ3n) is 6.15. The molecule has 31 heavy (non-hydrogen) atoms. The lowest BCUT2D eigenvalue weighted by atomic mass is 9.73. The highest BCUT2D eigenvalue weighted by atomic mass is 35.5. The van der Waals surface area contributed by atoms with Gasteiger partial charge in [-0.25, -0.2) is 0 Å². The van der Waals surface area contributed by atoms with Crippen molar-refractivity contribution in [3.8, 4) is 17.0 Å². The standard InChI is InChI=1S/C26H23ClN2O2/c27-19-10-11-24-21(16-19)23(17-26(31-24)13-5-14-26)29-25(30)12-9-18-6-1-2-7-20(18)22-8-3-4-15-28-22/h1-4,6-12,15-16,23H,5,13-14,17H2,(H,29,30)/b12-9+. The first kappa shape index (κ1) is 19.8. The van der Waals surface area contributed by atoms with E-state index in [1.165, 1.54) is 0 Å². The van der Waals surface area contributed by atoms with E-state index >= 15 is 0 Å². The van der Waals surface area contributed by atoms with Crippen LogP contribution < -0.4 is 10.1 Å². The van der Waals surface area contributed by atoms with Gasteiger partial charge in [-0.3, -0.25) is 9.78 Å². The number of nitrogens with one attached hydrogen (secondary N) is 1. The molecule has 1 saturated carbocycles. The van der Waals surface area contributed by atoms with Gasteiger partial charge in [-0.05, 0) is 61.2 Å². The first-order valence-electron chi connectivity index (χ1n) is 10.6. The zero-order chi connectivity index (χ0) is 21.3. The van der Waals surface area contributed by atoms with Crippen molar-refractivity contribution in [3.05, 3.63) is 89.1 Å². The van der Waals surface area contributed by atoms with E-state index in [0.717, 1.165) is 53.8 Å². The average molecular weight is 431 g/mol. The molecular weight excluding hydrogens is 408 g/mol. The fourth-order valence-electron chi connectivity index (χ4n) is 4.43. The number of nitrogens with zero attached hydrogens (tertiary/aromatic N) is 1. The lowest BCUT2D eigenvalue weighted by Gasteiger charge is -2.48. The van der Waals surface area contributed by atoms with E-state index in [-0.39, 0.29) is 17.6 Å². The van der Waals surface area contributed by atoms with E-state index in [1.54, 1.807) is 12.3 Å². The van der Waals surface area contributed by atoms with Gasteiger partial charge in [-0.2, -0.15) is 0 Å². The molecule has 2 aliphatic rings. The lowest BCUT2D eigenvalue weighted by molar-refractivity contribution is -0.118. The third kappa shape index (κ3) is 4.08. The van der Waals surface area contributed by atoms with Crippen molar-refractivity contribution >= 4 is 23.6 Å². The number of hydrogen-bond acceptors (Lipinski definition) is 3. The Balaban J connectivity index is 1.37. The maximum absolute atomic E-state index is 12.9.